The molecule has 6 nitrogen and oxygen atoms in total. The molecule has 24 heavy (non-hydrogen) atoms. The molecule has 1 aliphatic heterocycles. The fourth-order valence-electron chi connectivity index (χ4n) is 2.50. The van der Waals surface area contributed by atoms with Crippen LogP contribution >= 0.6 is 11.3 Å². The van der Waals surface area contributed by atoms with E-state index in [-0.39, 0.29) is 5.69 Å². The van der Waals surface area contributed by atoms with Gasteiger partial charge >= 0.3 is 6.18 Å². The lowest BCUT2D eigenvalue weighted by atomic mass is 10.2. The Morgan fingerprint density at radius 3 is 2.42 bits per heavy atom. The third kappa shape index (κ3) is 3.42. The van der Waals surface area contributed by atoms with E-state index < -0.39 is 16.0 Å². The molecule has 2 aromatic rings. The Morgan fingerprint density at radius 1 is 1.17 bits per heavy atom. The van der Waals surface area contributed by atoms with Crippen LogP contribution in [0.25, 0.3) is 0 Å². The number of rotatable bonds is 3. The van der Waals surface area contributed by atoms with Crippen molar-refractivity contribution in [3.05, 3.63) is 45.5 Å². The zero-order chi connectivity index (χ0) is 17.3. The van der Waals surface area contributed by atoms with Crippen LogP contribution in [-0.4, -0.2) is 36.1 Å². The molecule has 10 heteroatoms. The van der Waals surface area contributed by atoms with E-state index in [1.165, 1.54) is 12.1 Å². The van der Waals surface area contributed by atoms with Gasteiger partial charge in [0.05, 0.1) is 11.1 Å². The highest BCUT2D eigenvalue weighted by Crippen LogP contribution is 2.36. The van der Waals surface area contributed by atoms with E-state index in [1.807, 2.05) is 4.90 Å². The van der Waals surface area contributed by atoms with Gasteiger partial charge in [0.2, 0.25) is 0 Å². The van der Waals surface area contributed by atoms with Crippen molar-refractivity contribution in [2.24, 2.45) is 0 Å². The summed E-state index contributed by atoms with van der Waals surface area (Å²) >= 11 is 0.632. The zero-order valence-electron chi connectivity index (χ0n) is 12.4. The summed E-state index contributed by atoms with van der Waals surface area (Å²) < 4.78 is 37.9. The largest absolute Gasteiger partial charge is 0.427 e. The van der Waals surface area contributed by atoms with E-state index in [0.717, 1.165) is 11.9 Å². The number of anilines is 2. The number of nitrogens with zero attached hydrogens (tertiary/aromatic N) is 4. The molecule has 0 radical (unpaired) electrons. The van der Waals surface area contributed by atoms with Crippen LogP contribution in [0.2, 0.25) is 0 Å². The summed E-state index contributed by atoms with van der Waals surface area (Å²) in [5, 5.41) is 11.2. The molecule has 1 saturated heterocycles. The Morgan fingerprint density at radius 2 is 1.83 bits per heavy atom. The Labute approximate surface area is 139 Å². The number of hydrogen-bond donors (Lipinski definition) is 0. The number of piperazine rings is 1. The fraction of sp³-hybridized carbons (Fsp3) is 0.357. The maximum Gasteiger partial charge on any atom is 0.427 e. The molecular formula is C14H13F3N4O2S. The number of aromatic nitrogens is 1. The summed E-state index contributed by atoms with van der Waals surface area (Å²) in [6.45, 7) is 2.13. The minimum absolute atomic E-state index is 0.0182. The Balaban J connectivity index is 1.67. The van der Waals surface area contributed by atoms with Crippen LogP contribution in [-0.2, 0) is 6.18 Å². The average molecular weight is 358 g/mol. The quantitative estimate of drug-likeness (QED) is 0.622. The van der Waals surface area contributed by atoms with E-state index in [4.69, 9.17) is 0 Å². The molecule has 0 saturated carbocycles. The maximum atomic E-state index is 12.6. The third-order valence-electron chi connectivity index (χ3n) is 3.73. The van der Waals surface area contributed by atoms with Crippen molar-refractivity contribution in [3.8, 4) is 0 Å². The van der Waals surface area contributed by atoms with Gasteiger partial charge in [0.15, 0.2) is 5.13 Å². The number of thiazole rings is 1. The minimum atomic E-state index is -4.37. The van der Waals surface area contributed by atoms with Crippen LogP contribution in [0, 0.1) is 10.1 Å². The van der Waals surface area contributed by atoms with Gasteiger partial charge < -0.3 is 9.80 Å². The molecule has 0 unspecified atom stereocenters. The van der Waals surface area contributed by atoms with Gasteiger partial charge in [-0.25, -0.2) is 4.98 Å². The second-order valence-corrected chi connectivity index (χ2v) is 6.27. The van der Waals surface area contributed by atoms with Gasteiger partial charge in [0.1, 0.15) is 4.88 Å². The highest BCUT2D eigenvalue weighted by atomic mass is 32.1. The molecule has 3 rings (SSSR count). The molecule has 0 bridgehead atoms. The predicted octanol–water partition coefficient (Wildman–Crippen LogP) is 3.40. The van der Waals surface area contributed by atoms with Gasteiger partial charge in [-0.3, -0.25) is 10.1 Å². The van der Waals surface area contributed by atoms with E-state index >= 15 is 0 Å². The molecule has 2 heterocycles. The number of alkyl halides is 3. The monoisotopic (exact) mass is 358 g/mol. The summed E-state index contributed by atoms with van der Waals surface area (Å²) in [6, 6.07) is 6.33. The van der Waals surface area contributed by atoms with Gasteiger partial charge in [0, 0.05) is 44.0 Å². The summed E-state index contributed by atoms with van der Waals surface area (Å²) in [5.74, 6) is 0. The second kappa shape index (κ2) is 6.27. The highest BCUT2D eigenvalue weighted by Gasteiger charge is 2.34. The lowest BCUT2D eigenvalue weighted by Crippen LogP contribution is -2.46. The minimum Gasteiger partial charge on any atom is -0.368 e. The van der Waals surface area contributed by atoms with Crippen molar-refractivity contribution < 1.29 is 18.1 Å². The summed E-state index contributed by atoms with van der Waals surface area (Å²) in [4.78, 5) is 17.3. The first-order valence-electron chi connectivity index (χ1n) is 7.12. The Bertz CT molecular complexity index is 742. The maximum absolute atomic E-state index is 12.6. The van der Waals surface area contributed by atoms with E-state index in [2.05, 4.69) is 4.98 Å². The topological polar surface area (TPSA) is 62.5 Å². The normalized spacial score (nSPS) is 15.6. The van der Waals surface area contributed by atoms with E-state index in [1.54, 1.807) is 17.0 Å². The van der Waals surface area contributed by atoms with E-state index in [9.17, 15) is 23.3 Å². The third-order valence-corrected chi connectivity index (χ3v) is 4.83. The van der Waals surface area contributed by atoms with Gasteiger partial charge in [-0.1, -0.05) is 17.4 Å². The van der Waals surface area contributed by atoms with Crippen LogP contribution in [0.4, 0.5) is 29.7 Å². The molecule has 0 N–H and O–H groups in total. The molecule has 0 spiro atoms. The fourth-order valence-corrected chi connectivity index (χ4v) is 3.34. The zero-order valence-corrected chi connectivity index (χ0v) is 13.2. The van der Waals surface area contributed by atoms with Crippen LogP contribution in [0.1, 0.15) is 4.88 Å². The van der Waals surface area contributed by atoms with Gasteiger partial charge in [-0.15, -0.1) is 0 Å². The van der Waals surface area contributed by atoms with Crippen LogP contribution in [0.5, 0.6) is 0 Å². The molecule has 1 aliphatic rings. The Hall–Kier alpha value is -2.36. The lowest BCUT2D eigenvalue weighted by molar-refractivity contribution is -0.384. The first kappa shape index (κ1) is 16.5. The Kier molecular flexibility index (Phi) is 4.31. The van der Waals surface area contributed by atoms with Gasteiger partial charge in [-0.05, 0) is 6.07 Å². The van der Waals surface area contributed by atoms with Crippen LogP contribution < -0.4 is 9.80 Å². The first-order valence-corrected chi connectivity index (χ1v) is 7.93. The summed E-state index contributed by atoms with van der Waals surface area (Å²) in [6.07, 6.45) is -3.52. The molecule has 128 valence electrons. The highest BCUT2D eigenvalue weighted by molar-refractivity contribution is 7.15. The van der Waals surface area contributed by atoms with Gasteiger partial charge in [-0.2, -0.15) is 13.2 Å². The van der Waals surface area contributed by atoms with Crippen LogP contribution in [0.3, 0.4) is 0 Å². The number of hydrogen-bond acceptors (Lipinski definition) is 6. The molecule has 0 aliphatic carbocycles. The molecular weight excluding hydrogens is 345 g/mol. The second-order valence-electron chi connectivity index (χ2n) is 5.26. The first-order chi connectivity index (χ1) is 11.3. The van der Waals surface area contributed by atoms with Crippen molar-refractivity contribution in [2.45, 2.75) is 6.18 Å². The van der Waals surface area contributed by atoms with Gasteiger partial charge in [0.25, 0.3) is 5.69 Å². The standard InChI is InChI=1S/C14H13F3N4O2S/c15-14(16,17)12-9-18-13(24-12)20-6-4-19(5-7-20)10-2-1-3-11(8-10)21(22)23/h1-3,8-9H,4-7H2. The number of nitro benzene ring substituents is 1. The van der Waals surface area contributed by atoms with E-state index in [0.29, 0.717) is 42.6 Å². The SMILES string of the molecule is O=[N+]([O-])c1cccc(N2CCN(c3ncc(C(F)(F)F)s3)CC2)c1. The summed E-state index contributed by atoms with van der Waals surface area (Å²) in [7, 11) is 0. The average Bonchev–Trinajstić information content (AvgIpc) is 3.05. The lowest BCUT2D eigenvalue weighted by Gasteiger charge is -2.35. The smallest absolute Gasteiger partial charge is 0.368 e. The van der Waals surface area contributed by atoms with Crippen molar-refractivity contribution in [3.63, 3.8) is 0 Å². The summed E-state index contributed by atoms with van der Waals surface area (Å²) in [5.41, 5.74) is 0.753. The number of nitro groups is 1. The molecule has 1 aromatic heterocycles. The molecule has 1 aromatic carbocycles. The van der Waals surface area contributed by atoms with Crippen LogP contribution in [0.15, 0.2) is 30.5 Å². The number of halogens is 3. The number of non-ortho nitro benzene ring substituents is 1. The molecule has 0 atom stereocenters. The van der Waals surface area contributed by atoms with Crippen molar-refractivity contribution >= 4 is 27.8 Å². The number of benzene rings is 1. The van der Waals surface area contributed by atoms with Crippen molar-refractivity contribution in [1.82, 2.24) is 4.98 Å². The van der Waals surface area contributed by atoms with Crippen molar-refractivity contribution in [2.75, 3.05) is 36.0 Å². The van der Waals surface area contributed by atoms with Crippen molar-refractivity contribution in [1.29, 1.82) is 0 Å². The molecule has 0 amide bonds. The molecule has 1 fully saturated rings. The predicted molar refractivity (Wildman–Crippen MR) is 84.6 cm³/mol.